The topological polar surface area (TPSA) is 42.0 Å². The Hall–Kier alpha value is -0.930. The summed E-state index contributed by atoms with van der Waals surface area (Å²) in [5.41, 5.74) is 0.830. The van der Waals surface area contributed by atoms with Crippen LogP contribution in [0, 0.1) is 0 Å². The minimum Gasteiger partial charge on any atom is -0.313 e. The Kier molecular flexibility index (Phi) is 3.86. The van der Waals surface area contributed by atoms with Crippen molar-refractivity contribution in [1.82, 2.24) is 10.3 Å². The summed E-state index contributed by atoms with van der Waals surface area (Å²) in [6.45, 7) is 0.374. The fourth-order valence-electron chi connectivity index (χ4n) is 1.02. The van der Waals surface area contributed by atoms with Crippen molar-refractivity contribution in [2.45, 2.75) is 6.42 Å². The molecule has 1 aromatic rings. The highest BCUT2D eigenvalue weighted by atomic mass is 35.5. The number of rotatable bonds is 4. The summed E-state index contributed by atoms with van der Waals surface area (Å²) in [6.07, 6.45) is 3.54. The first-order valence-corrected chi connectivity index (χ1v) is 4.36. The SMILES string of the molecule is CNCC(=O)Cc1ccncc1Cl. The van der Waals surface area contributed by atoms with E-state index in [1.165, 1.54) is 0 Å². The molecule has 0 bridgehead atoms. The van der Waals surface area contributed by atoms with E-state index in [1.54, 1.807) is 25.5 Å². The van der Waals surface area contributed by atoms with Gasteiger partial charge in [0.05, 0.1) is 11.6 Å². The minimum atomic E-state index is 0.121. The summed E-state index contributed by atoms with van der Waals surface area (Å²) in [7, 11) is 1.74. The Bertz CT molecular complexity index is 301. The molecular formula is C9H11ClN2O. The fraction of sp³-hybridized carbons (Fsp3) is 0.333. The van der Waals surface area contributed by atoms with Crippen LogP contribution in [0.2, 0.25) is 5.02 Å². The number of Topliss-reactive ketones (excluding diaryl/α,β-unsaturated/α-hetero) is 1. The van der Waals surface area contributed by atoms with Gasteiger partial charge in [-0.2, -0.15) is 0 Å². The third-order valence-corrected chi connectivity index (χ3v) is 1.96. The molecule has 0 amide bonds. The van der Waals surface area contributed by atoms with E-state index in [4.69, 9.17) is 11.6 Å². The molecule has 0 radical (unpaired) electrons. The number of pyridine rings is 1. The number of carbonyl (C=O) groups excluding carboxylic acids is 1. The lowest BCUT2D eigenvalue weighted by atomic mass is 10.1. The molecule has 0 saturated heterocycles. The fourth-order valence-corrected chi connectivity index (χ4v) is 1.21. The van der Waals surface area contributed by atoms with Crippen LogP contribution in [-0.4, -0.2) is 24.4 Å². The number of carbonyl (C=O) groups is 1. The Morgan fingerprint density at radius 3 is 3.08 bits per heavy atom. The molecule has 0 atom stereocenters. The number of nitrogens with one attached hydrogen (secondary N) is 1. The van der Waals surface area contributed by atoms with Crippen LogP contribution >= 0.6 is 11.6 Å². The van der Waals surface area contributed by atoms with E-state index < -0.39 is 0 Å². The largest absolute Gasteiger partial charge is 0.313 e. The Morgan fingerprint density at radius 1 is 1.69 bits per heavy atom. The summed E-state index contributed by atoms with van der Waals surface area (Å²) in [5.74, 6) is 0.121. The molecule has 1 rings (SSSR count). The van der Waals surface area contributed by atoms with Gasteiger partial charge in [-0.05, 0) is 18.7 Å². The maximum Gasteiger partial charge on any atom is 0.151 e. The van der Waals surface area contributed by atoms with Gasteiger partial charge in [-0.25, -0.2) is 0 Å². The van der Waals surface area contributed by atoms with Crippen molar-refractivity contribution < 1.29 is 4.79 Å². The molecular weight excluding hydrogens is 188 g/mol. The van der Waals surface area contributed by atoms with Crippen LogP contribution in [0.25, 0.3) is 0 Å². The highest BCUT2D eigenvalue weighted by Crippen LogP contribution is 2.13. The second-order valence-corrected chi connectivity index (χ2v) is 3.12. The van der Waals surface area contributed by atoms with E-state index in [1.807, 2.05) is 0 Å². The van der Waals surface area contributed by atoms with Gasteiger partial charge in [0, 0.05) is 18.8 Å². The number of aromatic nitrogens is 1. The first-order chi connectivity index (χ1) is 6.24. The Morgan fingerprint density at radius 2 is 2.46 bits per heavy atom. The molecule has 4 heteroatoms. The van der Waals surface area contributed by atoms with Crippen LogP contribution in [0.3, 0.4) is 0 Å². The van der Waals surface area contributed by atoms with E-state index >= 15 is 0 Å². The van der Waals surface area contributed by atoms with Gasteiger partial charge in [0.25, 0.3) is 0 Å². The van der Waals surface area contributed by atoms with Crippen molar-refractivity contribution in [2.24, 2.45) is 0 Å². The molecule has 1 N–H and O–H groups in total. The van der Waals surface area contributed by atoms with Crippen LogP contribution in [-0.2, 0) is 11.2 Å². The summed E-state index contributed by atoms with van der Waals surface area (Å²) in [4.78, 5) is 15.1. The maximum absolute atomic E-state index is 11.2. The van der Waals surface area contributed by atoms with Gasteiger partial charge in [-0.3, -0.25) is 9.78 Å². The molecule has 70 valence electrons. The van der Waals surface area contributed by atoms with E-state index in [9.17, 15) is 4.79 Å². The Balaban J connectivity index is 2.63. The molecule has 0 aliphatic heterocycles. The number of nitrogens with zero attached hydrogens (tertiary/aromatic N) is 1. The summed E-state index contributed by atoms with van der Waals surface area (Å²) in [5, 5.41) is 3.35. The number of hydrogen-bond acceptors (Lipinski definition) is 3. The minimum absolute atomic E-state index is 0.121. The van der Waals surface area contributed by atoms with Crippen molar-refractivity contribution in [2.75, 3.05) is 13.6 Å². The molecule has 0 aliphatic rings. The molecule has 13 heavy (non-hydrogen) atoms. The smallest absolute Gasteiger partial charge is 0.151 e. The van der Waals surface area contributed by atoms with Gasteiger partial charge in [0.15, 0.2) is 5.78 Å². The zero-order valence-corrected chi connectivity index (χ0v) is 8.14. The van der Waals surface area contributed by atoms with E-state index in [-0.39, 0.29) is 5.78 Å². The predicted molar refractivity (Wildman–Crippen MR) is 51.9 cm³/mol. The third-order valence-electron chi connectivity index (χ3n) is 1.62. The number of ketones is 1. The standard InChI is InChI=1S/C9H11ClN2O/c1-11-5-8(13)4-7-2-3-12-6-9(7)10/h2-3,6,11H,4-5H2,1H3. The average molecular weight is 199 g/mol. The second-order valence-electron chi connectivity index (χ2n) is 2.71. The molecule has 3 nitrogen and oxygen atoms in total. The molecule has 0 aliphatic carbocycles. The maximum atomic E-state index is 11.2. The first kappa shape index (κ1) is 10.2. The lowest BCUT2D eigenvalue weighted by Crippen LogP contribution is -2.20. The Labute approximate surface area is 82.1 Å². The van der Waals surface area contributed by atoms with Crippen molar-refractivity contribution in [3.8, 4) is 0 Å². The van der Waals surface area contributed by atoms with Crippen molar-refractivity contribution in [3.63, 3.8) is 0 Å². The quantitative estimate of drug-likeness (QED) is 0.787. The van der Waals surface area contributed by atoms with Gasteiger partial charge in [0.2, 0.25) is 0 Å². The van der Waals surface area contributed by atoms with Crippen LogP contribution in [0.4, 0.5) is 0 Å². The molecule has 0 unspecified atom stereocenters. The normalized spacial score (nSPS) is 10.0. The number of likely N-dealkylation sites (N-methyl/N-ethyl adjacent to an activating group) is 1. The predicted octanol–water partition coefficient (Wildman–Crippen LogP) is 1.07. The van der Waals surface area contributed by atoms with Crippen molar-refractivity contribution >= 4 is 17.4 Å². The van der Waals surface area contributed by atoms with E-state index in [2.05, 4.69) is 10.3 Å². The van der Waals surface area contributed by atoms with Gasteiger partial charge >= 0.3 is 0 Å². The zero-order valence-electron chi connectivity index (χ0n) is 7.38. The highest BCUT2D eigenvalue weighted by molar-refractivity contribution is 6.31. The van der Waals surface area contributed by atoms with Gasteiger partial charge < -0.3 is 5.32 Å². The molecule has 1 aromatic heterocycles. The molecule has 0 spiro atoms. The molecule has 0 fully saturated rings. The first-order valence-electron chi connectivity index (χ1n) is 3.98. The average Bonchev–Trinajstić information content (AvgIpc) is 2.09. The van der Waals surface area contributed by atoms with Crippen molar-refractivity contribution in [1.29, 1.82) is 0 Å². The van der Waals surface area contributed by atoms with Gasteiger partial charge in [-0.1, -0.05) is 11.6 Å². The third kappa shape index (κ3) is 3.13. The van der Waals surface area contributed by atoms with Crippen LogP contribution in [0.5, 0.6) is 0 Å². The van der Waals surface area contributed by atoms with E-state index in [0.29, 0.717) is 18.0 Å². The second kappa shape index (κ2) is 4.94. The van der Waals surface area contributed by atoms with Crippen LogP contribution in [0.1, 0.15) is 5.56 Å². The summed E-state index contributed by atoms with van der Waals surface area (Å²) in [6, 6.07) is 1.76. The number of halogens is 1. The number of hydrogen-bond donors (Lipinski definition) is 1. The van der Waals surface area contributed by atoms with E-state index in [0.717, 1.165) is 5.56 Å². The highest BCUT2D eigenvalue weighted by Gasteiger charge is 2.05. The molecule has 0 saturated carbocycles. The monoisotopic (exact) mass is 198 g/mol. The summed E-state index contributed by atoms with van der Waals surface area (Å²) >= 11 is 5.83. The zero-order chi connectivity index (χ0) is 9.68. The lowest BCUT2D eigenvalue weighted by Gasteiger charge is -2.01. The molecule has 1 heterocycles. The molecule has 0 aromatic carbocycles. The van der Waals surface area contributed by atoms with Gasteiger partial charge in [0.1, 0.15) is 0 Å². The van der Waals surface area contributed by atoms with Crippen molar-refractivity contribution in [3.05, 3.63) is 29.0 Å². The lowest BCUT2D eigenvalue weighted by molar-refractivity contribution is -0.117. The summed E-state index contributed by atoms with van der Waals surface area (Å²) < 4.78 is 0. The van der Waals surface area contributed by atoms with Crippen LogP contribution in [0.15, 0.2) is 18.5 Å². The van der Waals surface area contributed by atoms with Crippen LogP contribution < -0.4 is 5.32 Å². The van der Waals surface area contributed by atoms with Gasteiger partial charge in [-0.15, -0.1) is 0 Å².